The SMILES string of the molecule is CCOC(=O)c1cc(NS(=O)(=O)c2ccc(C(F)(F)F)cn2)ccc1Oc1ncccc1Cl. The van der Waals surface area contributed by atoms with Crippen molar-refractivity contribution < 1.29 is 35.9 Å². The van der Waals surface area contributed by atoms with Crippen molar-refractivity contribution >= 4 is 33.3 Å². The Morgan fingerprint density at radius 1 is 1.15 bits per heavy atom. The Morgan fingerprint density at radius 3 is 2.52 bits per heavy atom. The van der Waals surface area contributed by atoms with E-state index < -0.39 is 32.8 Å². The highest BCUT2D eigenvalue weighted by Crippen LogP contribution is 2.32. The topological polar surface area (TPSA) is 107 Å². The lowest BCUT2D eigenvalue weighted by atomic mass is 10.2. The van der Waals surface area contributed by atoms with Gasteiger partial charge >= 0.3 is 12.1 Å². The molecule has 1 aromatic carbocycles. The molecule has 0 unspecified atom stereocenters. The van der Waals surface area contributed by atoms with E-state index in [0.29, 0.717) is 12.3 Å². The summed E-state index contributed by atoms with van der Waals surface area (Å²) < 4.78 is 75.9. The van der Waals surface area contributed by atoms with Crippen LogP contribution in [0.15, 0.2) is 59.9 Å². The quantitative estimate of drug-likeness (QED) is 0.458. The Kier molecular flexibility index (Phi) is 7.08. The highest BCUT2D eigenvalue weighted by molar-refractivity contribution is 7.92. The van der Waals surface area contributed by atoms with Crippen molar-refractivity contribution in [3.05, 3.63) is 71.0 Å². The Morgan fingerprint density at radius 2 is 1.91 bits per heavy atom. The van der Waals surface area contributed by atoms with E-state index in [4.69, 9.17) is 21.1 Å². The second kappa shape index (κ2) is 9.63. The fourth-order valence-corrected chi connectivity index (χ4v) is 3.66. The van der Waals surface area contributed by atoms with Crippen LogP contribution in [0.1, 0.15) is 22.8 Å². The number of carbonyl (C=O) groups is 1. The summed E-state index contributed by atoms with van der Waals surface area (Å²) in [5.74, 6) is -0.815. The molecular weight excluding hydrogens is 487 g/mol. The van der Waals surface area contributed by atoms with Crippen molar-refractivity contribution in [1.82, 2.24) is 9.97 Å². The van der Waals surface area contributed by atoms with E-state index in [2.05, 4.69) is 14.7 Å². The number of nitrogens with one attached hydrogen (secondary N) is 1. The molecule has 0 bridgehead atoms. The predicted octanol–water partition coefficient (Wildman–Crippen LogP) is 4.92. The van der Waals surface area contributed by atoms with Crippen LogP contribution >= 0.6 is 11.6 Å². The van der Waals surface area contributed by atoms with Gasteiger partial charge < -0.3 is 9.47 Å². The van der Waals surface area contributed by atoms with E-state index in [1.165, 1.54) is 24.4 Å². The molecule has 0 fully saturated rings. The first kappa shape index (κ1) is 24.3. The highest BCUT2D eigenvalue weighted by Gasteiger charge is 2.31. The number of rotatable bonds is 7. The molecule has 0 saturated carbocycles. The third-order valence-electron chi connectivity index (χ3n) is 4.00. The fourth-order valence-electron chi connectivity index (χ4n) is 2.52. The maximum absolute atomic E-state index is 12.7. The number of pyridine rings is 2. The van der Waals surface area contributed by atoms with Gasteiger partial charge in [0.2, 0.25) is 5.88 Å². The molecule has 2 aromatic heterocycles. The number of anilines is 1. The number of carbonyl (C=O) groups excluding carboxylic acids is 1. The van der Waals surface area contributed by atoms with Gasteiger partial charge in [-0.1, -0.05) is 11.6 Å². The van der Waals surface area contributed by atoms with Crippen molar-refractivity contribution in [2.75, 3.05) is 11.3 Å². The van der Waals surface area contributed by atoms with E-state index in [0.717, 1.165) is 12.1 Å². The Labute approximate surface area is 191 Å². The summed E-state index contributed by atoms with van der Waals surface area (Å²) in [6.45, 7) is 1.62. The second-order valence-electron chi connectivity index (χ2n) is 6.31. The van der Waals surface area contributed by atoms with E-state index in [1.54, 1.807) is 13.0 Å². The minimum absolute atomic E-state index is 0.00648. The molecule has 8 nitrogen and oxygen atoms in total. The van der Waals surface area contributed by atoms with Crippen LogP contribution in [0.3, 0.4) is 0 Å². The van der Waals surface area contributed by atoms with Gasteiger partial charge in [0, 0.05) is 18.1 Å². The van der Waals surface area contributed by atoms with E-state index in [1.807, 2.05) is 0 Å². The molecule has 0 aliphatic rings. The van der Waals surface area contributed by atoms with Gasteiger partial charge in [-0.2, -0.15) is 21.6 Å². The molecule has 0 saturated heterocycles. The van der Waals surface area contributed by atoms with Crippen molar-refractivity contribution in [2.24, 2.45) is 0 Å². The van der Waals surface area contributed by atoms with Crippen LogP contribution in [0.2, 0.25) is 5.02 Å². The first-order valence-corrected chi connectivity index (χ1v) is 11.0. The lowest BCUT2D eigenvalue weighted by Gasteiger charge is -2.14. The number of alkyl halides is 3. The summed E-state index contributed by atoms with van der Waals surface area (Å²) >= 11 is 6.02. The van der Waals surface area contributed by atoms with Gasteiger partial charge in [-0.25, -0.2) is 14.8 Å². The normalized spacial score (nSPS) is 11.7. The smallest absolute Gasteiger partial charge is 0.417 e. The molecule has 33 heavy (non-hydrogen) atoms. The summed E-state index contributed by atoms with van der Waals surface area (Å²) in [5, 5.41) is -0.473. The van der Waals surface area contributed by atoms with Crippen LogP contribution in [0.25, 0.3) is 0 Å². The average Bonchev–Trinajstić information content (AvgIpc) is 2.76. The minimum atomic E-state index is -4.66. The van der Waals surface area contributed by atoms with Crippen molar-refractivity contribution in [1.29, 1.82) is 0 Å². The molecule has 2 heterocycles. The van der Waals surface area contributed by atoms with Crippen molar-refractivity contribution in [2.45, 2.75) is 18.1 Å². The van der Waals surface area contributed by atoms with Crippen LogP contribution in [-0.4, -0.2) is 31.0 Å². The number of hydrogen-bond donors (Lipinski definition) is 1. The molecule has 3 rings (SSSR count). The third kappa shape index (κ3) is 5.90. The van der Waals surface area contributed by atoms with Crippen LogP contribution in [0.4, 0.5) is 18.9 Å². The van der Waals surface area contributed by atoms with E-state index >= 15 is 0 Å². The van der Waals surface area contributed by atoms with Crippen LogP contribution < -0.4 is 9.46 Å². The maximum atomic E-state index is 12.7. The summed E-state index contributed by atoms with van der Waals surface area (Å²) in [5.41, 5.74) is -1.32. The van der Waals surface area contributed by atoms with Gasteiger partial charge in [-0.15, -0.1) is 0 Å². The zero-order chi connectivity index (χ0) is 24.2. The van der Waals surface area contributed by atoms with Crippen molar-refractivity contribution in [3.8, 4) is 11.6 Å². The number of hydrogen-bond acceptors (Lipinski definition) is 7. The summed E-state index contributed by atoms with van der Waals surface area (Å²) in [6.07, 6.45) is -2.83. The molecule has 1 N–H and O–H groups in total. The van der Waals surface area contributed by atoms with Gasteiger partial charge in [0.15, 0.2) is 5.03 Å². The molecule has 0 atom stereocenters. The number of benzene rings is 1. The predicted molar refractivity (Wildman–Crippen MR) is 112 cm³/mol. The standard InChI is InChI=1S/C20H15ClF3N3O5S/c1-2-31-19(28)14-10-13(6-7-16(14)32-18-15(21)4-3-9-25-18)27-33(29,30)17-8-5-12(11-26-17)20(22,23)24/h3-11,27H,2H2,1H3. The molecule has 13 heteroatoms. The molecule has 0 aliphatic carbocycles. The molecule has 0 aliphatic heterocycles. The van der Waals surface area contributed by atoms with Gasteiger partial charge in [0.05, 0.1) is 12.2 Å². The monoisotopic (exact) mass is 501 g/mol. The Balaban J connectivity index is 1.92. The van der Waals surface area contributed by atoms with Gasteiger partial charge in [0.25, 0.3) is 10.0 Å². The van der Waals surface area contributed by atoms with Crippen LogP contribution in [0, 0.1) is 0 Å². The Bertz CT molecular complexity index is 1270. The zero-order valence-corrected chi connectivity index (χ0v) is 18.3. The number of nitrogens with zero attached hydrogens (tertiary/aromatic N) is 2. The number of halogens is 4. The second-order valence-corrected chi connectivity index (χ2v) is 8.35. The third-order valence-corrected chi connectivity index (χ3v) is 5.58. The van der Waals surface area contributed by atoms with Gasteiger partial charge in [-0.3, -0.25) is 4.72 Å². The minimum Gasteiger partial charge on any atom is -0.462 e. The zero-order valence-electron chi connectivity index (χ0n) is 16.8. The largest absolute Gasteiger partial charge is 0.462 e. The van der Waals surface area contributed by atoms with Crippen LogP contribution in [0.5, 0.6) is 11.6 Å². The lowest BCUT2D eigenvalue weighted by molar-refractivity contribution is -0.137. The van der Waals surface area contributed by atoms with Gasteiger partial charge in [0.1, 0.15) is 16.3 Å². The number of esters is 1. The Hall–Kier alpha value is -3.38. The fraction of sp³-hybridized carbons (Fsp3) is 0.150. The number of ether oxygens (including phenoxy) is 2. The average molecular weight is 502 g/mol. The highest BCUT2D eigenvalue weighted by atomic mass is 35.5. The lowest BCUT2D eigenvalue weighted by Crippen LogP contribution is -2.16. The van der Waals surface area contributed by atoms with E-state index in [-0.39, 0.29) is 34.5 Å². The molecule has 174 valence electrons. The molecule has 0 radical (unpaired) electrons. The molecule has 3 aromatic rings. The van der Waals surface area contributed by atoms with Crippen molar-refractivity contribution in [3.63, 3.8) is 0 Å². The number of aromatic nitrogens is 2. The maximum Gasteiger partial charge on any atom is 0.417 e. The molecule has 0 amide bonds. The summed E-state index contributed by atoms with van der Waals surface area (Å²) in [7, 11) is -4.36. The number of sulfonamides is 1. The molecule has 0 spiro atoms. The molecular formula is C20H15ClF3N3O5S. The summed E-state index contributed by atoms with van der Waals surface area (Å²) in [6, 6.07) is 8.12. The first-order valence-electron chi connectivity index (χ1n) is 9.17. The van der Waals surface area contributed by atoms with Gasteiger partial charge in [-0.05, 0) is 49.4 Å². The first-order chi connectivity index (χ1) is 15.5. The van der Waals surface area contributed by atoms with E-state index in [9.17, 15) is 26.4 Å². The van der Waals surface area contributed by atoms with Crippen LogP contribution in [-0.2, 0) is 20.9 Å². The summed E-state index contributed by atoms with van der Waals surface area (Å²) in [4.78, 5) is 19.7.